The van der Waals surface area contributed by atoms with Gasteiger partial charge in [-0.2, -0.15) is 5.10 Å². The molecular formula is C24H36N4O2. The van der Waals surface area contributed by atoms with Crippen LogP contribution in [0.15, 0.2) is 36.5 Å². The number of methoxy groups -OCH3 is 1. The van der Waals surface area contributed by atoms with Crippen LogP contribution in [0.5, 0.6) is 0 Å². The van der Waals surface area contributed by atoms with E-state index in [1.54, 1.807) is 7.11 Å². The van der Waals surface area contributed by atoms with Crippen molar-refractivity contribution < 1.29 is 9.47 Å². The molecule has 2 fully saturated rings. The van der Waals surface area contributed by atoms with Gasteiger partial charge in [0.15, 0.2) is 0 Å². The molecule has 2 aromatic rings. The van der Waals surface area contributed by atoms with Gasteiger partial charge in [-0.1, -0.05) is 30.3 Å². The van der Waals surface area contributed by atoms with E-state index in [2.05, 4.69) is 50.3 Å². The monoisotopic (exact) mass is 412 g/mol. The zero-order valence-electron chi connectivity index (χ0n) is 18.3. The first-order valence-corrected chi connectivity index (χ1v) is 11.4. The lowest BCUT2D eigenvalue weighted by atomic mass is 9.95. The molecule has 2 saturated heterocycles. The van der Waals surface area contributed by atoms with Crippen LogP contribution >= 0.6 is 0 Å². The summed E-state index contributed by atoms with van der Waals surface area (Å²) < 4.78 is 11.2. The molecule has 30 heavy (non-hydrogen) atoms. The highest BCUT2D eigenvalue weighted by Gasteiger charge is 2.25. The molecule has 164 valence electrons. The maximum Gasteiger partial charge on any atom is 0.0702 e. The predicted octanol–water partition coefficient (Wildman–Crippen LogP) is 3.42. The average molecular weight is 413 g/mol. The molecule has 4 rings (SSSR count). The zero-order valence-corrected chi connectivity index (χ0v) is 18.3. The van der Waals surface area contributed by atoms with Gasteiger partial charge in [0.05, 0.1) is 24.6 Å². The van der Waals surface area contributed by atoms with Gasteiger partial charge >= 0.3 is 0 Å². The highest BCUT2D eigenvalue weighted by molar-refractivity contribution is 5.62. The van der Waals surface area contributed by atoms with Crippen molar-refractivity contribution in [3.8, 4) is 11.3 Å². The number of H-pyrrole nitrogens is 1. The third-order valence-corrected chi connectivity index (χ3v) is 6.50. The summed E-state index contributed by atoms with van der Waals surface area (Å²) in [6.45, 7) is 8.24. The number of hydrogen-bond donors (Lipinski definition) is 1. The maximum atomic E-state index is 5.98. The molecule has 0 unspecified atom stereocenters. The minimum Gasteiger partial charge on any atom is -0.383 e. The standard InChI is InChI=1S/C24H36N4O2/c1-29-15-13-27-11-9-20(10-12-27)17-28(19-23-8-5-14-30-23)18-22-16-25-26-24(22)21-6-3-2-4-7-21/h2-4,6-7,16,20,23H,5,8-15,17-19H2,1H3,(H,25,26)/t23-/m1/s1. The molecule has 0 spiro atoms. The van der Waals surface area contributed by atoms with Crippen LogP contribution in [0.25, 0.3) is 11.3 Å². The smallest absolute Gasteiger partial charge is 0.0702 e. The first-order valence-electron chi connectivity index (χ1n) is 11.4. The van der Waals surface area contributed by atoms with Crippen LogP contribution in [0.2, 0.25) is 0 Å². The van der Waals surface area contributed by atoms with Crippen LogP contribution in [0.4, 0.5) is 0 Å². The summed E-state index contributed by atoms with van der Waals surface area (Å²) >= 11 is 0. The minimum atomic E-state index is 0.374. The average Bonchev–Trinajstić information content (AvgIpc) is 3.46. The normalized spacial score (nSPS) is 20.9. The summed E-state index contributed by atoms with van der Waals surface area (Å²) in [6.07, 6.45) is 7.28. The fraction of sp³-hybridized carbons (Fsp3) is 0.625. The lowest BCUT2D eigenvalue weighted by molar-refractivity contribution is 0.0552. The number of nitrogens with zero attached hydrogens (tertiary/aromatic N) is 3. The van der Waals surface area contributed by atoms with Crippen LogP contribution < -0.4 is 0 Å². The molecule has 0 radical (unpaired) electrons. The zero-order chi connectivity index (χ0) is 20.6. The molecule has 1 N–H and O–H groups in total. The summed E-state index contributed by atoms with van der Waals surface area (Å²) in [5.41, 5.74) is 3.62. The van der Waals surface area contributed by atoms with Gasteiger partial charge in [0, 0.05) is 45.5 Å². The van der Waals surface area contributed by atoms with Crippen LogP contribution in [0, 0.1) is 5.92 Å². The first kappa shape index (κ1) is 21.5. The van der Waals surface area contributed by atoms with Crippen molar-refractivity contribution in [3.05, 3.63) is 42.1 Å². The van der Waals surface area contributed by atoms with Crippen molar-refractivity contribution >= 4 is 0 Å². The summed E-state index contributed by atoms with van der Waals surface area (Å²) in [4.78, 5) is 5.15. The molecule has 1 aromatic carbocycles. The highest BCUT2D eigenvalue weighted by Crippen LogP contribution is 2.25. The number of ether oxygens (including phenoxy) is 2. The minimum absolute atomic E-state index is 0.374. The molecule has 2 aliphatic heterocycles. The molecule has 1 atom stereocenters. The summed E-state index contributed by atoms with van der Waals surface area (Å²) in [7, 11) is 1.79. The van der Waals surface area contributed by atoms with Crippen molar-refractivity contribution in [1.82, 2.24) is 20.0 Å². The lowest BCUT2D eigenvalue weighted by Crippen LogP contribution is -2.41. The third-order valence-electron chi connectivity index (χ3n) is 6.50. The number of benzene rings is 1. The number of piperidine rings is 1. The van der Waals surface area contributed by atoms with Crippen LogP contribution in [-0.4, -0.2) is 79.1 Å². The van der Waals surface area contributed by atoms with Crippen molar-refractivity contribution in [2.24, 2.45) is 5.92 Å². The van der Waals surface area contributed by atoms with E-state index in [9.17, 15) is 0 Å². The Morgan fingerprint density at radius 1 is 1.17 bits per heavy atom. The SMILES string of the molecule is COCCN1CCC(CN(Cc2cn[nH]c2-c2ccccc2)C[C@H]2CCCO2)CC1. The van der Waals surface area contributed by atoms with Gasteiger partial charge in [0.1, 0.15) is 0 Å². The Morgan fingerprint density at radius 3 is 2.73 bits per heavy atom. The Hall–Kier alpha value is -1.73. The van der Waals surface area contributed by atoms with Crippen molar-refractivity contribution in [1.29, 1.82) is 0 Å². The third kappa shape index (κ3) is 5.91. The van der Waals surface area contributed by atoms with E-state index < -0.39 is 0 Å². The van der Waals surface area contributed by atoms with E-state index in [0.717, 1.165) is 51.0 Å². The number of hydrogen-bond acceptors (Lipinski definition) is 5. The molecule has 2 aliphatic rings. The number of aromatic amines is 1. The second kappa shape index (κ2) is 11.0. The van der Waals surface area contributed by atoms with Gasteiger partial charge < -0.3 is 14.4 Å². The van der Waals surface area contributed by atoms with Gasteiger partial charge in [-0.25, -0.2) is 0 Å². The second-order valence-corrected chi connectivity index (χ2v) is 8.74. The number of likely N-dealkylation sites (tertiary alicyclic amines) is 1. The van der Waals surface area contributed by atoms with Gasteiger partial charge in [0.25, 0.3) is 0 Å². The summed E-state index contributed by atoms with van der Waals surface area (Å²) in [6, 6.07) is 10.5. The Balaban J connectivity index is 1.39. The first-order chi connectivity index (χ1) is 14.8. The van der Waals surface area contributed by atoms with Crippen LogP contribution in [0.1, 0.15) is 31.2 Å². The fourth-order valence-electron chi connectivity index (χ4n) is 4.78. The summed E-state index contributed by atoms with van der Waals surface area (Å²) in [5.74, 6) is 0.747. The molecule has 6 nitrogen and oxygen atoms in total. The Kier molecular flexibility index (Phi) is 7.92. The van der Waals surface area contributed by atoms with E-state index in [0.29, 0.717) is 6.10 Å². The van der Waals surface area contributed by atoms with Gasteiger partial charge in [-0.05, 0) is 50.3 Å². The van der Waals surface area contributed by atoms with E-state index >= 15 is 0 Å². The largest absolute Gasteiger partial charge is 0.383 e. The Bertz CT molecular complexity index is 737. The highest BCUT2D eigenvalue weighted by atomic mass is 16.5. The van der Waals surface area contributed by atoms with E-state index in [-0.39, 0.29) is 0 Å². The Morgan fingerprint density at radius 2 is 2.00 bits per heavy atom. The quantitative estimate of drug-likeness (QED) is 0.648. The second-order valence-electron chi connectivity index (χ2n) is 8.74. The number of rotatable bonds is 10. The number of aromatic nitrogens is 2. The number of nitrogens with one attached hydrogen (secondary N) is 1. The summed E-state index contributed by atoms with van der Waals surface area (Å²) in [5, 5.41) is 7.59. The van der Waals surface area contributed by atoms with Gasteiger partial charge in [0.2, 0.25) is 0 Å². The molecular weight excluding hydrogens is 376 g/mol. The van der Waals surface area contributed by atoms with E-state index in [1.165, 1.54) is 49.9 Å². The lowest BCUT2D eigenvalue weighted by Gasteiger charge is -2.35. The molecule has 1 aromatic heterocycles. The predicted molar refractivity (Wildman–Crippen MR) is 119 cm³/mol. The van der Waals surface area contributed by atoms with Crippen LogP contribution in [-0.2, 0) is 16.0 Å². The fourth-order valence-corrected chi connectivity index (χ4v) is 4.78. The van der Waals surface area contributed by atoms with Crippen LogP contribution in [0.3, 0.4) is 0 Å². The molecule has 6 heteroatoms. The van der Waals surface area contributed by atoms with Crippen molar-refractivity contribution in [2.45, 2.75) is 38.3 Å². The van der Waals surface area contributed by atoms with Crippen molar-refractivity contribution in [3.63, 3.8) is 0 Å². The van der Waals surface area contributed by atoms with Gasteiger partial charge in [-0.15, -0.1) is 0 Å². The molecule has 0 amide bonds. The van der Waals surface area contributed by atoms with E-state index in [4.69, 9.17) is 9.47 Å². The Labute approximate surface area is 180 Å². The molecule has 0 aliphatic carbocycles. The molecule has 0 bridgehead atoms. The maximum absolute atomic E-state index is 5.98. The topological polar surface area (TPSA) is 53.6 Å². The van der Waals surface area contributed by atoms with Gasteiger partial charge in [-0.3, -0.25) is 10.00 Å². The molecule has 0 saturated carbocycles. The van der Waals surface area contributed by atoms with Crippen molar-refractivity contribution in [2.75, 3.05) is 53.0 Å². The molecule has 3 heterocycles. The van der Waals surface area contributed by atoms with E-state index in [1.807, 2.05) is 6.20 Å².